The molecule has 0 amide bonds. The van der Waals surface area contributed by atoms with Crippen molar-refractivity contribution in [1.82, 2.24) is 4.57 Å². The first-order chi connectivity index (χ1) is 9.71. The molecule has 6 heteroatoms. The average Bonchev–Trinajstić information content (AvgIpc) is 2.64. The van der Waals surface area contributed by atoms with Crippen LogP contribution in [0.3, 0.4) is 0 Å². The van der Waals surface area contributed by atoms with E-state index in [1.165, 1.54) is 23.0 Å². The van der Waals surface area contributed by atoms with E-state index in [2.05, 4.69) is 29.8 Å². The number of nitrogens with two attached hydrogens (primary N) is 1. The summed E-state index contributed by atoms with van der Waals surface area (Å²) in [4.78, 5) is 0.161. The first-order valence-corrected chi connectivity index (χ1v) is 8.24. The molecule has 0 fully saturated rings. The molecule has 0 spiro atoms. The fourth-order valence-corrected chi connectivity index (χ4v) is 3.22. The molecule has 1 aromatic carbocycles. The molecule has 114 valence electrons. The summed E-state index contributed by atoms with van der Waals surface area (Å²) in [7, 11) is -1.67. The van der Waals surface area contributed by atoms with E-state index in [4.69, 9.17) is 5.14 Å². The van der Waals surface area contributed by atoms with Crippen molar-refractivity contribution in [3.63, 3.8) is 0 Å². The van der Waals surface area contributed by atoms with Crippen LogP contribution < -0.4 is 10.5 Å². The van der Waals surface area contributed by atoms with E-state index in [1.807, 2.05) is 13.1 Å². The highest BCUT2D eigenvalue weighted by Gasteiger charge is 2.14. The van der Waals surface area contributed by atoms with Gasteiger partial charge >= 0.3 is 0 Å². The zero-order chi connectivity index (χ0) is 15.8. The topological polar surface area (TPSA) is 77.1 Å². The Morgan fingerprint density at radius 3 is 2.43 bits per heavy atom. The minimum Gasteiger partial charge on any atom is -0.381 e. The average molecular weight is 307 g/mol. The molecule has 0 saturated carbocycles. The third-order valence-corrected chi connectivity index (χ3v) is 5.00. The first-order valence-electron chi connectivity index (χ1n) is 6.70. The number of benzene rings is 1. The Labute approximate surface area is 125 Å². The molecular formula is C15H21N3O2S. The van der Waals surface area contributed by atoms with Gasteiger partial charge in [0.15, 0.2) is 0 Å². The predicted octanol–water partition coefficient (Wildman–Crippen LogP) is 2.21. The number of aromatic nitrogens is 1. The van der Waals surface area contributed by atoms with Gasteiger partial charge in [-0.05, 0) is 50.1 Å². The van der Waals surface area contributed by atoms with Crippen molar-refractivity contribution in [2.75, 3.05) is 5.32 Å². The van der Waals surface area contributed by atoms with Crippen LogP contribution in [-0.4, -0.2) is 13.0 Å². The van der Waals surface area contributed by atoms with Gasteiger partial charge in [0, 0.05) is 30.7 Å². The number of hydrogen-bond acceptors (Lipinski definition) is 3. The molecule has 0 aliphatic heterocycles. The minimum atomic E-state index is -3.69. The van der Waals surface area contributed by atoms with Gasteiger partial charge in [-0.15, -0.1) is 0 Å². The van der Waals surface area contributed by atoms with Gasteiger partial charge in [-0.25, -0.2) is 13.6 Å². The fraction of sp³-hybridized carbons (Fsp3) is 0.333. The van der Waals surface area contributed by atoms with Crippen LogP contribution in [0.4, 0.5) is 5.69 Å². The van der Waals surface area contributed by atoms with Crippen LogP contribution in [-0.2, 0) is 23.6 Å². The molecule has 0 aliphatic rings. The van der Waals surface area contributed by atoms with Crippen molar-refractivity contribution in [3.05, 3.63) is 46.8 Å². The highest BCUT2D eigenvalue weighted by Crippen LogP contribution is 2.23. The number of aryl methyl sites for hydroxylation is 1. The van der Waals surface area contributed by atoms with Crippen molar-refractivity contribution in [3.8, 4) is 0 Å². The second-order valence-electron chi connectivity index (χ2n) is 5.28. The van der Waals surface area contributed by atoms with E-state index in [0.29, 0.717) is 12.1 Å². The van der Waals surface area contributed by atoms with Crippen LogP contribution in [0, 0.1) is 20.8 Å². The molecule has 0 atom stereocenters. The summed E-state index contributed by atoms with van der Waals surface area (Å²) in [6, 6.07) is 7.20. The zero-order valence-electron chi connectivity index (χ0n) is 12.8. The molecule has 2 rings (SSSR count). The highest BCUT2D eigenvalue weighted by molar-refractivity contribution is 7.89. The zero-order valence-corrected chi connectivity index (χ0v) is 13.6. The second kappa shape index (κ2) is 5.54. The molecule has 0 radical (unpaired) electrons. The minimum absolute atomic E-state index is 0.161. The molecule has 21 heavy (non-hydrogen) atoms. The summed E-state index contributed by atoms with van der Waals surface area (Å²) < 4.78 is 25.2. The van der Waals surface area contributed by atoms with Crippen LogP contribution in [0.5, 0.6) is 0 Å². The van der Waals surface area contributed by atoms with Gasteiger partial charge in [0.2, 0.25) is 10.0 Å². The second-order valence-corrected chi connectivity index (χ2v) is 6.81. The van der Waals surface area contributed by atoms with Gasteiger partial charge in [-0.3, -0.25) is 0 Å². The van der Waals surface area contributed by atoms with Crippen LogP contribution in [0.1, 0.15) is 22.5 Å². The SMILES string of the molecule is Cc1c(NCc2cc(C)n(C)c2C)cccc1S(N)(=O)=O. The Balaban J connectivity index is 2.27. The van der Waals surface area contributed by atoms with E-state index in [9.17, 15) is 8.42 Å². The smallest absolute Gasteiger partial charge is 0.238 e. The van der Waals surface area contributed by atoms with Gasteiger partial charge in [0.25, 0.3) is 0 Å². The number of anilines is 1. The molecule has 5 nitrogen and oxygen atoms in total. The number of hydrogen-bond donors (Lipinski definition) is 2. The maximum atomic E-state index is 11.5. The monoisotopic (exact) mass is 307 g/mol. The molecule has 0 saturated heterocycles. The molecule has 0 unspecified atom stereocenters. The Bertz CT molecular complexity index is 776. The third kappa shape index (κ3) is 3.11. The van der Waals surface area contributed by atoms with E-state index < -0.39 is 10.0 Å². The fourth-order valence-electron chi connectivity index (χ4n) is 2.42. The summed E-state index contributed by atoms with van der Waals surface area (Å²) in [5, 5.41) is 8.51. The van der Waals surface area contributed by atoms with Crippen LogP contribution in [0.2, 0.25) is 0 Å². The standard InChI is InChI=1S/C15H21N3O2S/c1-10-8-13(12(3)18(10)4)9-17-14-6-5-7-15(11(14)2)21(16,19)20/h5-8,17H,9H2,1-4H3,(H2,16,19,20). The van der Waals surface area contributed by atoms with E-state index in [-0.39, 0.29) is 4.90 Å². The van der Waals surface area contributed by atoms with Crippen molar-refractivity contribution in [1.29, 1.82) is 0 Å². The molecule has 0 bridgehead atoms. The summed E-state index contributed by atoms with van der Waals surface area (Å²) in [6.45, 7) is 6.52. The largest absolute Gasteiger partial charge is 0.381 e. The van der Waals surface area contributed by atoms with Crippen LogP contribution in [0.25, 0.3) is 0 Å². The van der Waals surface area contributed by atoms with Crippen molar-refractivity contribution < 1.29 is 8.42 Å². The lowest BCUT2D eigenvalue weighted by atomic mass is 10.2. The summed E-state index contributed by atoms with van der Waals surface area (Å²) in [5.74, 6) is 0. The summed E-state index contributed by atoms with van der Waals surface area (Å²) in [6.07, 6.45) is 0. The van der Waals surface area contributed by atoms with Crippen LogP contribution >= 0.6 is 0 Å². The molecule has 0 aliphatic carbocycles. The maximum Gasteiger partial charge on any atom is 0.238 e. The van der Waals surface area contributed by atoms with Gasteiger partial charge in [-0.2, -0.15) is 0 Å². The molecule has 1 heterocycles. The Kier molecular flexibility index (Phi) is 4.11. The summed E-state index contributed by atoms with van der Waals surface area (Å²) >= 11 is 0. The van der Waals surface area contributed by atoms with Gasteiger partial charge < -0.3 is 9.88 Å². The van der Waals surface area contributed by atoms with E-state index in [1.54, 1.807) is 13.0 Å². The molecule has 3 N–H and O–H groups in total. The predicted molar refractivity (Wildman–Crippen MR) is 84.8 cm³/mol. The van der Waals surface area contributed by atoms with Crippen LogP contribution in [0.15, 0.2) is 29.2 Å². The van der Waals surface area contributed by atoms with Crippen molar-refractivity contribution in [2.45, 2.75) is 32.2 Å². The lowest BCUT2D eigenvalue weighted by Crippen LogP contribution is -2.14. The summed E-state index contributed by atoms with van der Waals surface area (Å²) in [5.41, 5.74) is 5.00. The van der Waals surface area contributed by atoms with E-state index >= 15 is 0 Å². The van der Waals surface area contributed by atoms with Gasteiger partial charge in [0.1, 0.15) is 0 Å². The van der Waals surface area contributed by atoms with Gasteiger partial charge in [-0.1, -0.05) is 6.07 Å². The lowest BCUT2D eigenvalue weighted by Gasteiger charge is -2.12. The number of primary sulfonamides is 1. The highest BCUT2D eigenvalue weighted by atomic mass is 32.2. The number of rotatable bonds is 4. The number of nitrogens with one attached hydrogen (secondary N) is 1. The molecule has 2 aromatic rings. The molecule has 1 aromatic heterocycles. The maximum absolute atomic E-state index is 11.5. The van der Waals surface area contributed by atoms with Crippen molar-refractivity contribution in [2.24, 2.45) is 12.2 Å². The normalized spacial score (nSPS) is 11.7. The first kappa shape index (κ1) is 15.6. The third-order valence-electron chi connectivity index (χ3n) is 3.94. The Morgan fingerprint density at radius 1 is 1.24 bits per heavy atom. The Morgan fingerprint density at radius 2 is 1.90 bits per heavy atom. The van der Waals surface area contributed by atoms with Gasteiger partial charge in [0.05, 0.1) is 4.90 Å². The Hall–Kier alpha value is -1.79. The lowest BCUT2D eigenvalue weighted by molar-refractivity contribution is 0.597. The van der Waals surface area contributed by atoms with E-state index in [0.717, 1.165) is 5.69 Å². The molecular weight excluding hydrogens is 286 g/mol. The van der Waals surface area contributed by atoms with Crippen molar-refractivity contribution >= 4 is 15.7 Å². The number of sulfonamides is 1. The number of nitrogens with zero attached hydrogens (tertiary/aromatic N) is 1. The quantitative estimate of drug-likeness (QED) is 0.909.